The first-order valence-corrected chi connectivity index (χ1v) is 5.17. The van der Waals surface area contributed by atoms with Crippen LogP contribution in [0.1, 0.15) is 18.9 Å². The maximum atomic E-state index is 11.0. The summed E-state index contributed by atoms with van der Waals surface area (Å²) in [6.07, 6.45) is 0.980. The van der Waals surface area contributed by atoms with Crippen LogP contribution in [0.3, 0.4) is 0 Å². The van der Waals surface area contributed by atoms with E-state index < -0.39 is 12.1 Å². The first-order valence-electron chi connectivity index (χ1n) is 5.17. The first-order chi connectivity index (χ1) is 8.70. The number of methoxy groups -OCH3 is 1. The normalized spacial score (nSPS) is 11.9. The van der Waals surface area contributed by atoms with Crippen molar-refractivity contribution in [2.45, 2.75) is 13.0 Å². The smallest absolute Gasteiger partial charge is 0.407 e. The van der Waals surface area contributed by atoms with Crippen LogP contribution in [0.2, 0.25) is 0 Å². The summed E-state index contributed by atoms with van der Waals surface area (Å²) in [4.78, 5) is 15.1. The summed E-state index contributed by atoms with van der Waals surface area (Å²) in [5.41, 5.74) is 0.498. The quantitative estimate of drug-likeness (QED) is 0.863. The molecule has 0 bridgehead atoms. The van der Waals surface area contributed by atoms with Gasteiger partial charge in [0.15, 0.2) is 0 Å². The minimum atomic E-state index is -0.568. The fourth-order valence-corrected chi connectivity index (χ4v) is 1.23. The molecule has 2 rings (SSSR count). The monoisotopic (exact) mass is 249 g/mol. The van der Waals surface area contributed by atoms with Crippen molar-refractivity contribution in [3.63, 3.8) is 0 Å². The van der Waals surface area contributed by atoms with Crippen molar-refractivity contribution in [1.29, 1.82) is 0 Å². The van der Waals surface area contributed by atoms with Gasteiger partial charge in [-0.15, -0.1) is 5.10 Å². The number of nitrogens with one attached hydrogen (secondary N) is 1. The number of ether oxygens (including phenoxy) is 1. The third kappa shape index (κ3) is 2.59. The lowest BCUT2D eigenvalue weighted by molar-refractivity contribution is 0.165. The number of nitrogens with zero attached hydrogens (tertiary/aromatic N) is 4. The van der Waals surface area contributed by atoms with E-state index in [1.54, 1.807) is 25.3 Å². The molecule has 2 heterocycles. The Balaban J connectivity index is 2.13. The maximum absolute atomic E-state index is 11.0. The summed E-state index contributed by atoms with van der Waals surface area (Å²) in [5, 5.41) is 13.8. The number of alkyl carbamates (subject to hydrolysis) is 1. The molecule has 18 heavy (non-hydrogen) atoms. The minimum Gasteiger partial charge on any atom is -0.453 e. The number of hydrogen-bond donors (Lipinski definition) is 1. The van der Waals surface area contributed by atoms with Crippen LogP contribution in [0.25, 0.3) is 11.5 Å². The van der Waals surface area contributed by atoms with E-state index in [4.69, 9.17) is 4.52 Å². The van der Waals surface area contributed by atoms with Crippen molar-refractivity contribution in [3.05, 3.63) is 24.2 Å². The number of aromatic nitrogens is 4. The van der Waals surface area contributed by atoms with Crippen LogP contribution in [0.5, 0.6) is 0 Å². The molecule has 0 fully saturated rings. The zero-order valence-corrected chi connectivity index (χ0v) is 9.82. The zero-order valence-electron chi connectivity index (χ0n) is 9.82. The Morgan fingerprint density at radius 3 is 3.06 bits per heavy atom. The van der Waals surface area contributed by atoms with E-state index in [-0.39, 0.29) is 5.89 Å². The van der Waals surface area contributed by atoms with Crippen LogP contribution in [-0.2, 0) is 4.74 Å². The number of rotatable bonds is 3. The van der Waals surface area contributed by atoms with Gasteiger partial charge in [-0.25, -0.2) is 4.79 Å². The summed E-state index contributed by atoms with van der Waals surface area (Å²) in [6, 6.07) is 2.98. The molecule has 0 unspecified atom stereocenters. The molecule has 0 aliphatic carbocycles. The third-order valence-corrected chi connectivity index (χ3v) is 2.13. The van der Waals surface area contributed by atoms with Gasteiger partial charge in [0.1, 0.15) is 11.7 Å². The molecular weight excluding hydrogens is 238 g/mol. The van der Waals surface area contributed by atoms with Gasteiger partial charge in [0.2, 0.25) is 11.7 Å². The van der Waals surface area contributed by atoms with Gasteiger partial charge < -0.3 is 14.6 Å². The Bertz CT molecular complexity index is 527. The van der Waals surface area contributed by atoms with E-state index >= 15 is 0 Å². The fraction of sp³-hybridized carbons (Fsp3) is 0.300. The fourth-order valence-electron chi connectivity index (χ4n) is 1.23. The highest BCUT2D eigenvalue weighted by molar-refractivity contribution is 5.67. The molecule has 0 saturated heterocycles. The number of carbonyl (C=O) groups is 1. The molecule has 2 aromatic rings. The van der Waals surface area contributed by atoms with Crippen molar-refractivity contribution in [3.8, 4) is 11.5 Å². The van der Waals surface area contributed by atoms with Crippen LogP contribution in [0, 0.1) is 0 Å². The largest absolute Gasteiger partial charge is 0.453 e. The molecule has 94 valence electrons. The molecule has 1 N–H and O–H groups in total. The third-order valence-electron chi connectivity index (χ3n) is 2.13. The van der Waals surface area contributed by atoms with E-state index in [0.29, 0.717) is 11.5 Å². The van der Waals surface area contributed by atoms with Gasteiger partial charge in [-0.1, -0.05) is 5.16 Å². The van der Waals surface area contributed by atoms with E-state index in [9.17, 15) is 4.79 Å². The summed E-state index contributed by atoms with van der Waals surface area (Å²) in [6.45, 7) is 1.70. The molecule has 0 aliphatic rings. The highest BCUT2D eigenvalue weighted by Crippen LogP contribution is 2.15. The second-order valence-electron chi connectivity index (χ2n) is 3.42. The van der Waals surface area contributed by atoms with Gasteiger partial charge in [-0.2, -0.15) is 10.1 Å². The second kappa shape index (κ2) is 5.21. The average Bonchev–Trinajstić information content (AvgIpc) is 2.89. The van der Waals surface area contributed by atoms with E-state index in [2.05, 4.69) is 30.4 Å². The standard InChI is InChI=1S/C10H11N5O3/c1-6(12-10(16)17-2)9-13-8(15-18-9)7-4-3-5-11-14-7/h3-6H,1-2H3,(H,12,16)/t6-/m0/s1. The zero-order chi connectivity index (χ0) is 13.0. The molecule has 1 atom stereocenters. The lowest BCUT2D eigenvalue weighted by Gasteiger charge is -2.07. The van der Waals surface area contributed by atoms with Crippen molar-refractivity contribution in [2.75, 3.05) is 7.11 Å². The lowest BCUT2D eigenvalue weighted by Crippen LogP contribution is -2.26. The molecule has 8 heteroatoms. The maximum Gasteiger partial charge on any atom is 0.407 e. The number of amides is 1. The Morgan fingerprint density at radius 2 is 2.39 bits per heavy atom. The van der Waals surface area contributed by atoms with Gasteiger partial charge in [-0.05, 0) is 19.1 Å². The molecule has 0 aromatic carbocycles. The average molecular weight is 249 g/mol. The van der Waals surface area contributed by atoms with E-state index in [0.717, 1.165) is 0 Å². The SMILES string of the molecule is COC(=O)N[C@@H](C)c1nc(-c2cccnn2)no1. The van der Waals surface area contributed by atoms with Crippen molar-refractivity contribution in [1.82, 2.24) is 25.7 Å². The van der Waals surface area contributed by atoms with Gasteiger partial charge in [0.05, 0.1) is 7.11 Å². The predicted octanol–water partition coefficient (Wildman–Crippen LogP) is 0.944. The molecule has 0 spiro atoms. The van der Waals surface area contributed by atoms with Crippen molar-refractivity contribution < 1.29 is 14.1 Å². The van der Waals surface area contributed by atoms with Crippen LogP contribution in [0.15, 0.2) is 22.9 Å². The van der Waals surface area contributed by atoms with Gasteiger partial charge in [0.25, 0.3) is 0 Å². The summed E-state index contributed by atoms with van der Waals surface area (Å²) in [7, 11) is 1.28. The van der Waals surface area contributed by atoms with Crippen molar-refractivity contribution in [2.24, 2.45) is 0 Å². The molecular formula is C10H11N5O3. The predicted molar refractivity (Wildman–Crippen MR) is 59.3 cm³/mol. The van der Waals surface area contributed by atoms with Gasteiger partial charge >= 0.3 is 6.09 Å². The van der Waals surface area contributed by atoms with Gasteiger partial charge in [-0.3, -0.25) is 0 Å². The van der Waals surface area contributed by atoms with Crippen molar-refractivity contribution >= 4 is 6.09 Å². The van der Waals surface area contributed by atoms with Crippen LogP contribution < -0.4 is 5.32 Å². The number of carbonyl (C=O) groups excluding carboxylic acids is 1. The first kappa shape index (κ1) is 12.0. The van der Waals surface area contributed by atoms with Crippen LogP contribution in [0.4, 0.5) is 4.79 Å². The van der Waals surface area contributed by atoms with E-state index in [1.165, 1.54) is 7.11 Å². The minimum absolute atomic E-state index is 0.265. The Kier molecular flexibility index (Phi) is 3.46. The molecule has 2 aromatic heterocycles. The second-order valence-corrected chi connectivity index (χ2v) is 3.42. The Morgan fingerprint density at radius 1 is 1.56 bits per heavy atom. The topological polar surface area (TPSA) is 103 Å². The summed E-state index contributed by atoms with van der Waals surface area (Å²) < 4.78 is 9.50. The van der Waals surface area contributed by atoms with Crippen LogP contribution >= 0.6 is 0 Å². The number of hydrogen-bond acceptors (Lipinski definition) is 7. The lowest BCUT2D eigenvalue weighted by atomic mass is 10.3. The molecule has 8 nitrogen and oxygen atoms in total. The highest BCUT2D eigenvalue weighted by atomic mass is 16.5. The molecule has 0 saturated carbocycles. The summed E-state index contributed by atoms with van der Waals surface area (Å²) in [5.74, 6) is 0.581. The highest BCUT2D eigenvalue weighted by Gasteiger charge is 2.17. The molecule has 0 radical (unpaired) electrons. The van der Waals surface area contributed by atoms with Gasteiger partial charge in [0, 0.05) is 6.20 Å². The van der Waals surface area contributed by atoms with E-state index in [1.807, 2.05) is 0 Å². The molecule has 1 amide bonds. The Labute approximate surface area is 102 Å². The molecule has 0 aliphatic heterocycles. The Hall–Kier alpha value is -2.51. The van der Waals surface area contributed by atoms with Crippen LogP contribution in [-0.4, -0.2) is 33.5 Å². The summed E-state index contributed by atoms with van der Waals surface area (Å²) >= 11 is 0.